The fraction of sp³-hybridized carbons (Fsp3) is 0.200. The Kier molecular flexibility index (Phi) is 5.11. The predicted octanol–water partition coefficient (Wildman–Crippen LogP) is 3.24. The molecule has 1 aromatic heterocycles. The molecule has 0 unspecified atom stereocenters. The van der Waals surface area contributed by atoms with Crippen molar-refractivity contribution in [3.05, 3.63) is 58.5 Å². The Hall–Kier alpha value is -2.14. The number of benzene rings is 1. The number of nitrogens with zero attached hydrogens (tertiary/aromatic N) is 1. The van der Waals surface area contributed by atoms with E-state index in [9.17, 15) is 9.18 Å². The summed E-state index contributed by atoms with van der Waals surface area (Å²) in [4.78, 5) is 16.2. The largest absolute Gasteiger partial charge is 0.370 e. The SMILES string of the molecule is CCNc1cc(C(=O)NCc2ccc(F)cc2)cc(Cl)n1. The summed E-state index contributed by atoms with van der Waals surface area (Å²) in [5.74, 6) is -0.0130. The summed E-state index contributed by atoms with van der Waals surface area (Å²) in [6.07, 6.45) is 0. The second-order valence-electron chi connectivity index (χ2n) is 4.40. The first-order chi connectivity index (χ1) is 10.1. The Bertz CT molecular complexity index is 631. The van der Waals surface area contributed by atoms with Gasteiger partial charge in [-0.25, -0.2) is 9.37 Å². The Labute approximate surface area is 127 Å². The van der Waals surface area contributed by atoms with Gasteiger partial charge in [0, 0.05) is 18.7 Å². The van der Waals surface area contributed by atoms with Crippen LogP contribution >= 0.6 is 11.6 Å². The van der Waals surface area contributed by atoms with Crippen LogP contribution in [-0.2, 0) is 6.54 Å². The molecule has 0 atom stereocenters. The number of carbonyl (C=O) groups excluding carboxylic acids is 1. The summed E-state index contributed by atoms with van der Waals surface area (Å²) in [6.45, 7) is 2.93. The van der Waals surface area contributed by atoms with E-state index in [-0.39, 0.29) is 16.9 Å². The maximum Gasteiger partial charge on any atom is 0.251 e. The smallest absolute Gasteiger partial charge is 0.251 e. The van der Waals surface area contributed by atoms with Crippen LogP contribution in [0.1, 0.15) is 22.8 Å². The van der Waals surface area contributed by atoms with Gasteiger partial charge in [-0.15, -0.1) is 0 Å². The van der Waals surface area contributed by atoms with Gasteiger partial charge in [-0.1, -0.05) is 23.7 Å². The van der Waals surface area contributed by atoms with Crippen LogP contribution in [0.3, 0.4) is 0 Å². The molecule has 21 heavy (non-hydrogen) atoms. The molecular formula is C15H15ClFN3O. The van der Waals surface area contributed by atoms with Crippen LogP contribution in [0.2, 0.25) is 5.15 Å². The fourth-order valence-electron chi connectivity index (χ4n) is 1.79. The number of pyridine rings is 1. The molecule has 1 aromatic carbocycles. The number of nitrogens with one attached hydrogen (secondary N) is 2. The molecule has 2 rings (SSSR count). The molecule has 0 saturated carbocycles. The van der Waals surface area contributed by atoms with E-state index < -0.39 is 0 Å². The third-order valence-electron chi connectivity index (χ3n) is 2.78. The van der Waals surface area contributed by atoms with Gasteiger partial charge >= 0.3 is 0 Å². The number of carbonyl (C=O) groups is 1. The number of hydrogen-bond donors (Lipinski definition) is 2. The summed E-state index contributed by atoms with van der Waals surface area (Å²) >= 11 is 5.89. The van der Waals surface area contributed by atoms with E-state index in [1.807, 2.05) is 6.92 Å². The van der Waals surface area contributed by atoms with Gasteiger partial charge in [0.1, 0.15) is 16.8 Å². The summed E-state index contributed by atoms with van der Waals surface area (Å²) in [6, 6.07) is 9.10. The fourth-order valence-corrected chi connectivity index (χ4v) is 1.99. The van der Waals surface area contributed by atoms with E-state index in [1.165, 1.54) is 18.2 Å². The molecule has 2 N–H and O–H groups in total. The normalized spacial score (nSPS) is 10.2. The maximum atomic E-state index is 12.8. The van der Waals surface area contributed by atoms with E-state index in [1.54, 1.807) is 18.2 Å². The van der Waals surface area contributed by atoms with Crippen molar-refractivity contribution in [1.29, 1.82) is 0 Å². The second kappa shape index (κ2) is 7.04. The summed E-state index contributed by atoms with van der Waals surface area (Å²) in [7, 11) is 0. The van der Waals surface area contributed by atoms with Crippen LogP contribution in [0.15, 0.2) is 36.4 Å². The van der Waals surface area contributed by atoms with Crippen LogP contribution < -0.4 is 10.6 Å². The lowest BCUT2D eigenvalue weighted by atomic mass is 10.2. The van der Waals surface area contributed by atoms with Crippen molar-refractivity contribution < 1.29 is 9.18 Å². The minimum Gasteiger partial charge on any atom is -0.370 e. The number of rotatable bonds is 5. The van der Waals surface area contributed by atoms with Gasteiger partial charge in [-0.3, -0.25) is 4.79 Å². The zero-order valence-electron chi connectivity index (χ0n) is 11.5. The number of aromatic nitrogens is 1. The van der Waals surface area contributed by atoms with E-state index in [4.69, 9.17) is 11.6 Å². The average molecular weight is 308 g/mol. The molecule has 110 valence electrons. The minimum atomic E-state index is -0.304. The first-order valence-corrected chi connectivity index (χ1v) is 6.90. The Morgan fingerprint density at radius 1 is 1.29 bits per heavy atom. The van der Waals surface area contributed by atoms with Gasteiger partial charge in [-0.05, 0) is 36.8 Å². The average Bonchev–Trinajstić information content (AvgIpc) is 2.46. The van der Waals surface area contributed by atoms with E-state index in [0.717, 1.165) is 5.56 Å². The number of anilines is 1. The van der Waals surface area contributed by atoms with Gasteiger partial charge in [0.05, 0.1) is 0 Å². The van der Waals surface area contributed by atoms with E-state index in [0.29, 0.717) is 24.5 Å². The van der Waals surface area contributed by atoms with Crippen molar-refractivity contribution in [3.63, 3.8) is 0 Å². The molecule has 0 radical (unpaired) electrons. The molecule has 2 aromatic rings. The molecule has 6 heteroatoms. The first kappa shape index (κ1) is 15.3. The third kappa shape index (κ3) is 4.43. The lowest BCUT2D eigenvalue weighted by Crippen LogP contribution is -2.23. The monoisotopic (exact) mass is 307 g/mol. The van der Waals surface area contributed by atoms with Gasteiger partial charge in [-0.2, -0.15) is 0 Å². The van der Waals surface area contributed by atoms with Gasteiger partial charge in [0.25, 0.3) is 5.91 Å². The zero-order valence-corrected chi connectivity index (χ0v) is 12.2. The van der Waals surface area contributed by atoms with Crippen LogP contribution in [0.4, 0.5) is 10.2 Å². The van der Waals surface area contributed by atoms with Gasteiger partial charge in [0.15, 0.2) is 0 Å². The molecule has 4 nitrogen and oxygen atoms in total. The molecule has 0 aliphatic heterocycles. The lowest BCUT2D eigenvalue weighted by molar-refractivity contribution is 0.0951. The summed E-state index contributed by atoms with van der Waals surface area (Å²) in [5.41, 5.74) is 1.24. The van der Waals surface area contributed by atoms with Crippen molar-refractivity contribution in [2.24, 2.45) is 0 Å². The first-order valence-electron chi connectivity index (χ1n) is 6.52. The highest BCUT2D eigenvalue weighted by atomic mass is 35.5. The standard InChI is InChI=1S/C15H15ClFN3O/c1-2-18-14-8-11(7-13(16)20-14)15(21)19-9-10-3-5-12(17)6-4-10/h3-8H,2,9H2,1H3,(H,18,20)(H,19,21). The topological polar surface area (TPSA) is 54.0 Å². The molecule has 0 bridgehead atoms. The van der Waals surface area contributed by atoms with Crippen LogP contribution in [-0.4, -0.2) is 17.4 Å². The maximum absolute atomic E-state index is 12.8. The molecular weight excluding hydrogens is 293 g/mol. The molecule has 0 saturated heterocycles. The van der Waals surface area contributed by atoms with Crippen LogP contribution in [0.5, 0.6) is 0 Å². The van der Waals surface area contributed by atoms with Crippen molar-refractivity contribution >= 4 is 23.3 Å². The Morgan fingerprint density at radius 2 is 2.00 bits per heavy atom. The van der Waals surface area contributed by atoms with Crippen LogP contribution in [0.25, 0.3) is 0 Å². The quantitative estimate of drug-likeness (QED) is 0.834. The highest BCUT2D eigenvalue weighted by Gasteiger charge is 2.09. The Balaban J connectivity index is 2.04. The second-order valence-corrected chi connectivity index (χ2v) is 4.79. The van der Waals surface area contributed by atoms with Gasteiger partial charge in [0.2, 0.25) is 0 Å². The Morgan fingerprint density at radius 3 is 2.67 bits per heavy atom. The highest BCUT2D eigenvalue weighted by Crippen LogP contribution is 2.14. The van der Waals surface area contributed by atoms with Crippen molar-refractivity contribution in [3.8, 4) is 0 Å². The molecule has 1 amide bonds. The third-order valence-corrected chi connectivity index (χ3v) is 2.97. The van der Waals surface area contributed by atoms with Crippen molar-refractivity contribution in [2.75, 3.05) is 11.9 Å². The lowest BCUT2D eigenvalue weighted by Gasteiger charge is -2.08. The molecule has 0 spiro atoms. The molecule has 0 fully saturated rings. The summed E-state index contributed by atoms with van der Waals surface area (Å²) in [5, 5.41) is 6.01. The molecule has 1 heterocycles. The van der Waals surface area contributed by atoms with Gasteiger partial charge < -0.3 is 10.6 Å². The van der Waals surface area contributed by atoms with Crippen molar-refractivity contribution in [1.82, 2.24) is 10.3 Å². The van der Waals surface area contributed by atoms with Crippen LogP contribution in [0, 0.1) is 5.82 Å². The van der Waals surface area contributed by atoms with E-state index >= 15 is 0 Å². The molecule has 0 aliphatic carbocycles. The predicted molar refractivity (Wildman–Crippen MR) is 81.0 cm³/mol. The minimum absolute atomic E-state index is 0.250. The number of halogens is 2. The van der Waals surface area contributed by atoms with E-state index in [2.05, 4.69) is 15.6 Å². The highest BCUT2D eigenvalue weighted by molar-refractivity contribution is 6.29. The number of hydrogen-bond acceptors (Lipinski definition) is 3. The molecule has 0 aliphatic rings. The van der Waals surface area contributed by atoms with Crippen molar-refractivity contribution in [2.45, 2.75) is 13.5 Å². The zero-order chi connectivity index (χ0) is 15.2. The summed E-state index contributed by atoms with van der Waals surface area (Å²) < 4.78 is 12.8. The number of amides is 1.